The Morgan fingerprint density at radius 2 is 1.39 bits per heavy atom. The first kappa shape index (κ1) is 22.1. The molecule has 0 aromatic heterocycles. The first-order chi connectivity index (χ1) is 11.2. The zero-order valence-corrected chi connectivity index (χ0v) is 15.6. The lowest BCUT2D eigenvalue weighted by molar-refractivity contribution is 0.0609. The van der Waals surface area contributed by atoms with Gasteiger partial charge in [0.05, 0.1) is 0 Å². The van der Waals surface area contributed by atoms with Crippen molar-refractivity contribution >= 4 is 0 Å². The standard InChI is InChI=1S/C14H24O.C8H14/c1-2-3-4-5-6-8-11-14(15)12-9-7-10-13-14;1-3-5-7-8-6-4-2/h15H,2-7,9-10,12-13H2,1H3;1H,4-8H2,2H3. The van der Waals surface area contributed by atoms with Crippen molar-refractivity contribution in [3.8, 4) is 24.2 Å². The van der Waals surface area contributed by atoms with Crippen LogP contribution in [0.4, 0.5) is 0 Å². The Kier molecular flexibility index (Phi) is 15.3. The minimum Gasteiger partial charge on any atom is -0.378 e. The van der Waals surface area contributed by atoms with Crippen molar-refractivity contribution in [3.63, 3.8) is 0 Å². The van der Waals surface area contributed by atoms with E-state index in [-0.39, 0.29) is 0 Å². The van der Waals surface area contributed by atoms with Crippen molar-refractivity contribution in [3.05, 3.63) is 0 Å². The first-order valence-electron chi connectivity index (χ1n) is 9.84. The molecule has 0 aliphatic heterocycles. The van der Waals surface area contributed by atoms with Gasteiger partial charge in [-0.1, -0.05) is 64.7 Å². The summed E-state index contributed by atoms with van der Waals surface area (Å²) in [4.78, 5) is 0. The quantitative estimate of drug-likeness (QED) is 0.414. The van der Waals surface area contributed by atoms with Crippen molar-refractivity contribution < 1.29 is 5.11 Å². The lowest BCUT2D eigenvalue weighted by atomic mass is 9.85. The van der Waals surface area contributed by atoms with Crippen molar-refractivity contribution in [2.45, 2.75) is 116 Å². The molecule has 1 aliphatic rings. The second-order valence-electron chi connectivity index (χ2n) is 6.72. The Hall–Kier alpha value is -0.920. The first-order valence-corrected chi connectivity index (χ1v) is 9.84. The van der Waals surface area contributed by atoms with Gasteiger partial charge in [0, 0.05) is 12.8 Å². The largest absolute Gasteiger partial charge is 0.378 e. The minimum absolute atomic E-state index is 0.636. The van der Waals surface area contributed by atoms with Gasteiger partial charge in [0.25, 0.3) is 0 Å². The molecule has 0 unspecified atom stereocenters. The van der Waals surface area contributed by atoms with Crippen molar-refractivity contribution in [1.29, 1.82) is 0 Å². The van der Waals surface area contributed by atoms with Crippen LogP contribution in [0, 0.1) is 24.2 Å². The van der Waals surface area contributed by atoms with E-state index < -0.39 is 5.60 Å². The number of hydrogen-bond acceptors (Lipinski definition) is 1. The third-order valence-corrected chi connectivity index (χ3v) is 4.33. The fourth-order valence-corrected chi connectivity index (χ4v) is 2.78. The maximum atomic E-state index is 10.1. The van der Waals surface area contributed by atoms with Crippen LogP contribution < -0.4 is 0 Å². The number of unbranched alkanes of at least 4 members (excludes halogenated alkanes) is 8. The van der Waals surface area contributed by atoms with Gasteiger partial charge >= 0.3 is 0 Å². The molecule has 23 heavy (non-hydrogen) atoms. The molecule has 0 aromatic rings. The maximum Gasteiger partial charge on any atom is 0.125 e. The van der Waals surface area contributed by atoms with Gasteiger partial charge in [-0.05, 0) is 38.5 Å². The molecule has 1 fully saturated rings. The normalized spacial score (nSPS) is 15.6. The van der Waals surface area contributed by atoms with Crippen LogP contribution in [-0.2, 0) is 0 Å². The van der Waals surface area contributed by atoms with Gasteiger partial charge in [-0.15, -0.1) is 18.3 Å². The molecule has 0 saturated heterocycles. The summed E-state index contributed by atoms with van der Waals surface area (Å²) in [7, 11) is 0. The summed E-state index contributed by atoms with van der Waals surface area (Å²) in [6.45, 7) is 4.42. The van der Waals surface area contributed by atoms with Gasteiger partial charge in [0.2, 0.25) is 0 Å². The van der Waals surface area contributed by atoms with E-state index in [0.29, 0.717) is 0 Å². The molecule has 1 aliphatic carbocycles. The Bertz CT molecular complexity index is 346. The van der Waals surface area contributed by atoms with Gasteiger partial charge in [-0.2, -0.15) is 0 Å². The molecule has 1 N–H and O–H groups in total. The number of hydrogen-bond donors (Lipinski definition) is 1. The average Bonchev–Trinajstić information content (AvgIpc) is 2.56. The lowest BCUT2D eigenvalue weighted by Gasteiger charge is -2.26. The van der Waals surface area contributed by atoms with E-state index in [4.69, 9.17) is 6.42 Å². The van der Waals surface area contributed by atoms with Crippen LogP contribution in [-0.4, -0.2) is 10.7 Å². The molecule has 1 heteroatoms. The van der Waals surface area contributed by atoms with E-state index in [1.807, 2.05) is 0 Å². The summed E-state index contributed by atoms with van der Waals surface area (Å²) < 4.78 is 0. The van der Waals surface area contributed by atoms with Crippen LogP contribution in [0.3, 0.4) is 0 Å². The highest BCUT2D eigenvalue weighted by atomic mass is 16.3. The monoisotopic (exact) mass is 318 g/mol. The predicted octanol–water partition coefficient (Wildman–Crippen LogP) is 6.25. The number of aliphatic hydroxyl groups is 1. The Balaban J connectivity index is 0.000000515. The summed E-state index contributed by atoms with van der Waals surface area (Å²) >= 11 is 0. The number of terminal acetylenes is 1. The smallest absolute Gasteiger partial charge is 0.125 e. The van der Waals surface area contributed by atoms with Crippen LogP contribution >= 0.6 is 0 Å². The average molecular weight is 319 g/mol. The number of rotatable bonds is 8. The Morgan fingerprint density at radius 3 is 1.91 bits per heavy atom. The van der Waals surface area contributed by atoms with E-state index in [9.17, 15) is 5.11 Å². The lowest BCUT2D eigenvalue weighted by Crippen LogP contribution is -2.29. The zero-order valence-electron chi connectivity index (χ0n) is 15.6. The highest BCUT2D eigenvalue weighted by molar-refractivity contribution is 5.14. The van der Waals surface area contributed by atoms with Gasteiger partial charge in [-0.25, -0.2) is 0 Å². The molecule has 1 nitrogen and oxygen atoms in total. The summed E-state index contributed by atoms with van der Waals surface area (Å²) in [5.41, 5.74) is -0.636. The van der Waals surface area contributed by atoms with Crippen molar-refractivity contribution in [2.24, 2.45) is 0 Å². The fraction of sp³-hybridized carbons (Fsp3) is 0.818. The van der Waals surface area contributed by atoms with Crippen LogP contribution in [0.1, 0.15) is 110 Å². The topological polar surface area (TPSA) is 20.2 Å². The van der Waals surface area contributed by atoms with Gasteiger partial charge in [0.1, 0.15) is 5.60 Å². The zero-order chi connectivity index (χ0) is 17.2. The van der Waals surface area contributed by atoms with Crippen LogP contribution in [0.5, 0.6) is 0 Å². The van der Waals surface area contributed by atoms with Crippen LogP contribution in [0.15, 0.2) is 0 Å². The second kappa shape index (κ2) is 16.0. The van der Waals surface area contributed by atoms with Gasteiger partial charge in [-0.3, -0.25) is 0 Å². The summed E-state index contributed by atoms with van der Waals surface area (Å²) in [5, 5.41) is 10.1. The van der Waals surface area contributed by atoms with E-state index in [1.165, 1.54) is 57.8 Å². The van der Waals surface area contributed by atoms with E-state index in [0.717, 1.165) is 38.5 Å². The van der Waals surface area contributed by atoms with E-state index in [2.05, 4.69) is 31.6 Å². The fourth-order valence-electron chi connectivity index (χ4n) is 2.78. The molecule has 0 aromatic carbocycles. The Labute approximate surface area is 145 Å². The van der Waals surface area contributed by atoms with Crippen LogP contribution in [0.2, 0.25) is 0 Å². The van der Waals surface area contributed by atoms with Gasteiger partial charge in [0.15, 0.2) is 0 Å². The molecule has 0 amide bonds. The predicted molar refractivity (Wildman–Crippen MR) is 102 cm³/mol. The third-order valence-electron chi connectivity index (χ3n) is 4.33. The molecule has 0 bridgehead atoms. The SMILES string of the molecule is C#CCCCCCC.CCCCCCC#CC1(O)CCCCC1. The summed E-state index contributed by atoms with van der Waals surface area (Å²) in [6.07, 6.45) is 22.5. The molecular formula is C22H38O. The molecule has 0 spiro atoms. The molecule has 0 radical (unpaired) electrons. The molecular weight excluding hydrogens is 280 g/mol. The highest BCUT2D eigenvalue weighted by Gasteiger charge is 2.26. The van der Waals surface area contributed by atoms with Gasteiger partial charge < -0.3 is 5.11 Å². The second-order valence-corrected chi connectivity index (χ2v) is 6.72. The van der Waals surface area contributed by atoms with Crippen molar-refractivity contribution in [2.75, 3.05) is 0 Å². The molecule has 132 valence electrons. The molecule has 0 heterocycles. The summed E-state index contributed by atoms with van der Waals surface area (Å²) in [6, 6.07) is 0. The minimum atomic E-state index is -0.636. The summed E-state index contributed by atoms with van der Waals surface area (Å²) in [5.74, 6) is 8.86. The third kappa shape index (κ3) is 14.4. The van der Waals surface area contributed by atoms with Crippen LogP contribution in [0.25, 0.3) is 0 Å². The molecule has 0 atom stereocenters. The highest BCUT2D eigenvalue weighted by Crippen LogP contribution is 2.27. The molecule has 1 saturated carbocycles. The van der Waals surface area contributed by atoms with E-state index >= 15 is 0 Å². The van der Waals surface area contributed by atoms with Crippen molar-refractivity contribution in [1.82, 2.24) is 0 Å². The Morgan fingerprint density at radius 1 is 0.826 bits per heavy atom. The van der Waals surface area contributed by atoms with E-state index in [1.54, 1.807) is 0 Å². The molecule has 1 rings (SSSR count). The maximum absolute atomic E-state index is 10.1.